The van der Waals surface area contributed by atoms with Gasteiger partial charge in [0.1, 0.15) is 5.75 Å². The maximum absolute atomic E-state index is 5.56. The van der Waals surface area contributed by atoms with Crippen molar-refractivity contribution in [1.82, 2.24) is 5.32 Å². The van der Waals surface area contributed by atoms with Gasteiger partial charge in [0.25, 0.3) is 0 Å². The van der Waals surface area contributed by atoms with Crippen molar-refractivity contribution in [2.75, 3.05) is 13.7 Å². The van der Waals surface area contributed by atoms with Crippen molar-refractivity contribution in [3.05, 3.63) is 29.8 Å². The van der Waals surface area contributed by atoms with E-state index in [9.17, 15) is 0 Å². The summed E-state index contributed by atoms with van der Waals surface area (Å²) in [5.41, 5.74) is 1.75. The Hall–Kier alpha value is -1.02. The molecule has 2 nitrogen and oxygen atoms in total. The molecule has 0 bridgehead atoms. The number of benzene rings is 1. The molecule has 0 spiro atoms. The van der Waals surface area contributed by atoms with Gasteiger partial charge in [0.15, 0.2) is 0 Å². The highest BCUT2D eigenvalue weighted by Gasteiger charge is 2.55. The van der Waals surface area contributed by atoms with E-state index in [1.54, 1.807) is 7.11 Å². The van der Waals surface area contributed by atoms with Crippen molar-refractivity contribution in [2.24, 2.45) is 5.92 Å². The zero-order chi connectivity index (χ0) is 12.6. The second-order valence-corrected chi connectivity index (χ2v) is 5.82. The number of methoxy groups -OCH3 is 1. The van der Waals surface area contributed by atoms with Gasteiger partial charge in [-0.25, -0.2) is 0 Å². The van der Waals surface area contributed by atoms with Crippen LogP contribution in [0.1, 0.15) is 38.2 Å². The zero-order valence-electron chi connectivity index (χ0n) is 11.4. The van der Waals surface area contributed by atoms with Crippen LogP contribution in [0, 0.1) is 5.92 Å². The lowest BCUT2D eigenvalue weighted by molar-refractivity contribution is 0.397. The lowest BCUT2D eigenvalue weighted by Crippen LogP contribution is -2.30. The van der Waals surface area contributed by atoms with Crippen LogP contribution in [-0.4, -0.2) is 19.7 Å². The van der Waals surface area contributed by atoms with Gasteiger partial charge in [0, 0.05) is 23.6 Å². The topological polar surface area (TPSA) is 21.3 Å². The van der Waals surface area contributed by atoms with E-state index in [2.05, 4.69) is 36.5 Å². The SMILES string of the molecule is CCC1CC1(CNC1CC1)c1ccccc1OC. The van der Waals surface area contributed by atoms with Crippen molar-refractivity contribution in [1.29, 1.82) is 0 Å². The molecule has 2 fully saturated rings. The summed E-state index contributed by atoms with van der Waals surface area (Å²) in [6.07, 6.45) is 5.30. The van der Waals surface area contributed by atoms with Gasteiger partial charge in [-0.05, 0) is 31.2 Å². The van der Waals surface area contributed by atoms with Crippen LogP contribution in [0.3, 0.4) is 0 Å². The molecule has 0 heterocycles. The van der Waals surface area contributed by atoms with E-state index in [0.717, 1.165) is 24.3 Å². The third-order valence-electron chi connectivity index (χ3n) is 4.65. The molecule has 0 radical (unpaired) electrons. The molecule has 18 heavy (non-hydrogen) atoms. The average molecular weight is 245 g/mol. The second-order valence-electron chi connectivity index (χ2n) is 5.82. The van der Waals surface area contributed by atoms with Crippen LogP contribution in [0.5, 0.6) is 5.75 Å². The summed E-state index contributed by atoms with van der Waals surface area (Å²) in [6, 6.07) is 9.34. The first-order valence-corrected chi connectivity index (χ1v) is 7.17. The minimum absolute atomic E-state index is 0.337. The zero-order valence-corrected chi connectivity index (χ0v) is 11.4. The second kappa shape index (κ2) is 4.58. The normalized spacial score (nSPS) is 30.2. The van der Waals surface area contributed by atoms with E-state index >= 15 is 0 Å². The highest BCUT2D eigenvalue weighted by molar-refractivity contribution is 5.45. The van der Waals surface area contributed by atoms with Gasteiger partial charge in [0.2, 0.25) is 0 Å². The van der Waals surface area contributed by atoms with Gasteiger partial charge in [-0.1, -0.05) is 31.5 Å². The highest BCUT2D eigenvalue weighted by Crippen LogP contribution is 2.57. The predicted octanol–water partition coefficient (Wildman–Crippen LogP) is 3.11. The smallest absolute Gasteiger partial charge is 0.122 e. The molecule has 1 aromatic rings. The first-order chi connectivity index (χ1) is 8.80. The summed E-state index contributed by atoms with van der Waals surface area (Å²) in [5.74, 6) is 1.88. The van der Waals surface area contributed by atoms with E-state index in [-0.39, 0.29) is 0 Å². The molecule has 0 amide bonds. The maximum Gasteiger partial charge on any atom is 0.122 e. The number of ether oxygens (including phenoxy) is 1. The van der Waals surface area contributed by atoms with Crippen LogP contribution in [0.15, 0.2) is 24.3 Å². The van der Waals surface area contributed by atoms with E-state index < -0.39 is 0 Å². The summed E-state index contributed by atoms with van der Waals surface area (Å²) in [5, 5.41) is 3.72. The maximum atomic E-state index is 5.56. The molecule has 2 aliphatic rings. The molecule has 2 saturated carbocycles. The molecular weight excluding hydrogens is 222 g/mol. The molecule has 0 aliphatic heterocycles. The van der Waals surface area contributed by atoms with Gasteiger partial charge in [-0.3, -0.25) is 0 Å². The molecular formula is C16H23NO. The highest BCUT2D eigenvalue weighted by atomic mass is 16.5. The number of para-hydroxylation sites is 1. The van der Waals surface area contributed by atoms with Crippen LogP contribution >= 0.6 is 0 Å². The van der Waals surface area contributed by atoms with Crippen molar-refractivity contribution in [3.63, 3.8) is 0 Å². The summed E-state index contributed by atoms with van der Waals surface area (Å²) >= 11 is 0. The monoisotopic (exact) mass is 245 g/mol. The first-order valence-electron chi connectivity index (χ1n) is 7.17. The molecule has 2 atom stereocenters. The minimum Gasteiger partial charge on any atom is -0.496 e. The Kier molecular flexibility index (Phi) is 3.06. The van der Waals surface area contributed by atoms with Crippen LogP contribution in [0.25, 0.3) is 0 Å². The van der Waals surface area contributed by atoms with Gasteiger partial charge in [0.05, 0.1) is 7.11 Å². The Bertz CT molecular complexity index is 427. The third-order valence-corrected chi connectivity index (χ3v) is 4.65. The quantitative estimate of drug-likeness (QED) is 0.831. The number of hydrogen-bond donors (Lipinski definition) is 1. The van der Waals surface area contributed by atoms with Gasteiger partial charge in [-0.15, -0.1) is 0 Å². The Labute approximate surface area is 110 Å². The van der Waals surface area contributed by atoms with E-state index in [1.165, 1.54) is 31.2 Å². The molecule has 2 unspecified atom stereocenters. The average Bonchev–Trinajstić information content (AvgIpc) is 3.31. The summed E-state index contributed by atoms with van der Waals surface area (Å²) in [4.78, 5) is 0. The van der Waals surface area contributed by atoms with Crippen LogP contribution in [0.2, 0.25) is 0 Å². The molecule has 0 saturated heterocycles. The third kappa shape index (κ3) is 2.03. The van der Waals surface area contributed by atoms with Crippen LogP contribution in [-0.2, 0) is 5.41 Å². The fraction of sp³-hybridized carbons (Fsp3) is 0.625. The van der Waals surface area contributed by atoms with Crippen molar-refractivity contribution in [3.8, 4) is 5.75 Å². The van der Waals surface area contributed by atoms with E-state index in [1.807, 2.05) is 0 Å². The van der Waals surface area contributed by atoms with E-state index in [4.69, 9.17) is 4.74 Å². The Morgan fingerprint density at radius 1 is 1.33 bits per heavy atom. The lowest BCUT2D eigenvalue weighted by atomic mass is 9.91. The molecule has 98 valence electrons. The Morgan fingerprint density at radius 3 is 2.72 bits per heavy atom. The summed E-state index contributed by atoms with van der Waals surface area (Å²) < 4.78 is 5.56. The lowest BCUT2D eigenvalue weighted by Gasteiger charge is -2.21. The standard InChI is InChI=1S/C16H23NO/c1-3-12-10-16(12,11-17-13-8-9-13)14-6-4-5-7-15(14)18-2/h4-7,12-13,17H,3,8-11H2,1-2H3. The molecule has 1 aromatic carbocycles. The fourth-order valence-electron chi connectivity index (χ4n) is 3.23. The molecule has 2 heteroatoms. The summed E-state index contributed by atoms with van der Waals surface area (Å²) in [6.45, 7) is 3.43. The Morgan fingerprint density at radius 2 is 2.11 bits per heavy atom. The number of nitrogens with one attached hydrogen (secondary N) is 1. The number of hydrogen-bond acceptors (Lipinski definition) is 2. The first kappa shape index (κ1) is 12.0. The van der Waals surface area contributed by atoms with Crippen LogP contribution in [0.4, 0.5) is 0 Å². The van der Waals surface area contributed by atoms with Crippen molar-refractivity contribution >= 4 is 0 Å². The minimum atomic E-state index is 0.337. The summed E-state index contributed by atoms with van der Waals surface area (Å²) in [7, 11) is 1.78. The van der Waals surface area contributed by atoms with E-state index in [0.29, 0.717) is 5.41 Å². The molecule has 3 rings (SSSR count). The van der Waals surface area contributed by atoms with Gasteiger partial charge < -0.3 is 10.1 Å². The molecule has 1 N–H and O–H groups in total. The number of rotatable bonds is 6. The van der Waals surface area contributed by atoms with Crippen LogP contribution < -0.4 is 10.1 Å². The molecule has 2 aliphatic carbocycles. The van der Waals surface area contributed by atoms with Crippen molar-refractivity contribution in [2.45, 2.75) is 44.1 Å². The van der Waals surface area contributed by atoms with Gasteiger partial charge >= 0.3 is 0 Å². The predicted molar refractivity (Wildman–Crippen MR) is 74.1 cm³/mol. The van der Waals surface area contributed by atoms with Gasteiger partial charge in [-0.2, -0.15) is 0 Å². The fourth-order valence-corrected chi connectivity index (χ4v) is 3.23. The van der Waals surface area contributed by atoms with Crippen molar-refractivity contribution < 1.29 is 4.74 Å². The molecule has 0 aromatic heterocycles. The Balaban J connectivity index is 1.84. The largest absolute Gasteiger partial charge is 0.496 e.